The van der Waals surface area contributed by atoms with E-state index in [2.05, 4.69) is 25.1 Å². The quantitative estimate of drug-likeness (QED) is 0.452. The second kappa shape index (κ2) is 8.70. The summed E-state index contributed by atoms with van der Waals surface area (Å²) in [5.74, 6) is 1.66. The Hall–Kier alpha value is -3.92. The van der Waals surface area contributed by atoms with Gasteiger partial charge in [0.2, 0.25) is 6.79 Å². The van der Waals surface area contributed by atoms with Crippen molar-refractivity contribution >= 4 is 44.7 Å². The molecule has 2 aliphatic rings. The van der Waals surface area contributed by atoms with Gasteiger partial charge in [0.1, 0.15) is 22.8 Å². The van der Waals surface area contributed by atoms with E-state index in [0.29, 0.717) is 53.9 Å². The highest BCUT2D eigenvalue weighted by Gasteiger charge is 2.25. The first-order valence-electron chi connectivity index (χ1n) is 11.3. The molecule has 1 fully saturated rings. The second-order valence-corrected chi connectivity index (χ2v) is 9.38. The number of piperazine rings is 1. The summed E-state index contributed by atoms with van der Waals surface area (Å²) in [5, 5.41) is 3.83. The molecule has 1 N–H and O–H groups in total. The highest BCUT2D eigenvalue weighted by molar-refractivity contribution is 7.20. The van der Waals surface area contributed by atoms with Crippen molar-refractivity contribution in [3.05, 3.63) is 65.0 Å². The topological polar surface area (TPSA) is 79.8 Å². The lowest BCUT2D eigenvalue weighted by Crippen LogP contribution is -2.47. The fourth-order valence-corrected chi connectivity index (χ4v) is 5.58. The molecule has 35 heavy (non-hydrogen) atoms. The number of rotatable bonds is 4. The number of amides is 1. The van der Waals surface area contributed by atoms with Gasteiger partial charge in [0.25, 0.3) is 5.91 Å². The molecular weight excluding hydrogens is 469 g/mol. The van der Waals surface area contributed by atoms with E-state index in [0.717, 1.165) is 21.6 Å². The zero-order valence-electron chi connectivity index (χ0n) is 19.0. The molecular formula is C25H22FN5O3S. The predicted octanol–water partition coefficient (Wildman–Crippen LogP) is 4.45. The number of carbonyl (C=O) groups excluding carboxylic acids is 1. The van der Waals surface area contributed by atoms with Gasteiger partial charge in [0.05, 0.1) is 16.0 Å². The van der Waals surface area contributed by atoms with Crippen molar-refractivity contribution in [2.75, 3.05) is 48.1 Å². The third-order valence-electron chi connectivity index (χ3n) is 6.32. The molecule has 1 amide bonds. The van der Waals surface area contributed by atoms with Crippen molar-refractivity contribution in [3.63, 3.8) is 0 Å². The Morgan fingerprint density at radius 3 is 2.63 bits per heavy atom. The predicted molar refractivity (Wildman–Crippen MR) is 133 cm³/mol. The average molecular weight is 492 g/mol. The van der Waals surface area contributed by atoms with Crippen LogP contribution in [0.1, 0.15) is 15.2 Å². The zero-order valence-corrected chi connectivity index (χ0v) is 19.8. The Labute approximate surface area is 204 Å². The third kappa shape index (κ3) is 3.89. The first-order chi connectivity index (χ1) is 17.1. The summed E-state index contributed by atoms with van der Waals surface area (Å²) in [5.41, 5.74) is 2.09. The molecule has 4 aromatic rings. The van der Waals surface area contributed by atoms with E-state index < -0.39 is 0 Å². The standard InChI is InChI=1S/C25H22FN5O3S/c1-15-21-23(31-10-8-30(9-11-31)18-5-3-2-4-17(18)26)27-13-28-25(21)35-22(15)24(32)29-16-6-7-19-20(12-16)34-14-33-19/h2-7,12-13H,8-11,14H2,1H3,(H,29,32). The highest BCUT2D eigenvalue weighted by Crippen LogP contribution is 2.37. The van der Waals surface area contributed by atoms with Crippen LogP contribution in [0.25, 0.3) is 10.2 Å². The van der Waals surface area contributed by atoms with Crippen LogP contribution in [-0.2, 0) is 0 Å². The normalized spacial score (nSPS) is 15.0. The lowest BCUT2D eigenvalue weighted by atomic mass is 10.1. The maximum absolute atomic E-state index is 14.2. The van der Waals surface area contributed by atoms with Crippen molar-refractivity contribution in [2.24, 2.45) is 0 Å². The van der Waals surface area contributed by atoms with Gasteiger partial charge in [-0.3, -0.25) is 4.79 Å². The zero-order chi connectivity index (χ0) is 23.9. The van der Waals surface area contributed by atoms with Gasteiger partial charge in [-0.2, -0.15) is 0 Å². The van der Waals surface area contributed by atoms with Crippen molar-refractivity contribution in [1.82, 2.24) is 9.97 Å². The Morgan fingerprint density at radius 2 is 1.80 bits per heavy atom. The van der Waals surface area contributed by atoms with Crippen LogP contribution in [0.3, 0.4) is 0 Å². The third-order valence-corrected chi connectivity index (χ3v) is 7.51. The van der Waals surface area contributed by atoms with Crippen molar-refractivity contribution in [1.29, 1.82) is 0 Å². The summed E-state index contributed by atoms with van der Waals surface area (Å²) in [6.45, 7) is 4.83. The SMILES string of the molecule is Cc1c(C(=O)Nc2ccc3c(c2)OCO3)sc2ncnc(N3CCN(c4ccccc4F)CC3)c12. The van der Waals surface area contributed by atoms with E-state index >= 15 is 0 Å². The van der Waals surface area contributed by atoms with Gasteiger partial charge in [-0.15, -0.1) is 11.3 Å². The molecule has 1 saturated heterocycles. The van der Waals surface area contributed by atoms with E-state index in [1.807, 2.05) is 19.1 Å². The van der Waals surface area contributed by atoms with Crippen LogP contribution in [-0.4, -0.2) is 48.8 Å². The average Bonchev–Trinajstić information content (AvgIpc) is 3.48. The van der Waals surface area contributed by atoms with Crippen molar-refractivity contribution in [2.45, 2.75) is 6.92 Å². The van der Waals surface area contributed by atoms with Gasteiger partial charge >= 0.3 is 0 Å². The van der Waals surface area contributed by atoms with E-state index in [1.165, 1.54) is 23.7 Å². The van der Waals surface area contributed by atoms with Gasteiger partial charge in [0.15, 0.2) is 11.5 Å². The molecule has 0 radical (unpaired) electrons. The molecule has 2 aromatic heterocycles. The fourth-order valence-electron chi connectivity index (χ4n) is 4.54. The maximum atomic E-state index is 14.2. The lowest BCUT2D eigenvalue weighted by molar-refractivity contribution is 0.103. The summed E-state index contributed by atoms with van der Waals surface area (Å²) < 4.78 is 25.0. The molecule has 0 bridgehead atoms. The number of para-hydroxylation sites is 1. The van der Waals surface area contributed by atoms with E-state index in [4.69, 9.17) is 9.47 Å². The van der Waals surface area contributed by atoms with Crippen LogP contribution in [0.5, 0.6) is 11.5 Å². The largest absolute Gasteiger partial charge is 0.454 e. The number of anilines is 3. The number of aryl methyl sites for hydroxylation is 1. The Balaban J connectivity index is 1.24. The Bertz CT molecular complexity index is 1430. The fraction of sp³-hybridized carbons (Fsp3) is 0.240. The number of nitrogens with zero attached hydrogens (tertiary/aromatic N) is 4. The first-order valence-corrected chi connectivity index (χ1v) is 12.1. The van der Waals surface area contributed by atoms with Crippen LogP contribution in [0.4, 0.5) is 21.6 Å². The van der Waals surface area contributed by atoms with Crippen LogP contribution < -0.4 is 24.6 Å². The van der Waals surface area contributed by atoms with Crippen molar-refractivity contribution < 1.29 is 18.7 Å². The maximum Gasteiger partial charge on any atom is 0.266 e. The molecule has 2 aromatic carbocycles. The monoisotopic (exact) mass is 491 g/mol. The molecule has 0 spiro atoms. The van der Waals surface area contributed by atoms with E-state index in [1.54, 1.807) is 24.3 Å². The molecule has 8 nitrogen and oxygen atoms in total. The number of thiophene rings is 1. The first kappa shape index (κ1) is 21.6. The summed E-state index contributed by atoms with van der Waals surface area (Å²) in [6, 6.07) is 12.2. The van der Waals surface area contributed by atoms with Gasteiger partial charge in [-0.1, -0.05) is 12.1 Å². The number of hydrogen-bond acceptors (Lipinski definition) is 8. The second-order valence-electron chi connectivity index (χ2n) is 8.38. The Kier molecular flexibility index (Phi) is 5.37. The molecule has 0 unspecified atom stereocenters. The van der Waals surface area contributed by atoms with Gasteiger partial charge in [-0.05, 0) is 36.8 Å². The number of halogens is 1. The van der Waals surface area contributed by atoms with Gasteiger partial charge < -0.3 is 24.6 Å². The number of ether oxygens (including phenoxy) is 2. The summed E-state index contributed by atoms with van der Waals surface area (Å²) >= 11 is 1.35. The van der Waals surface area contributed by atoms with Gasteiger partial charge in [-0.25, -0.2) is 14.4 Å². The van der Waals surface area contributed by atoms with Crippen LogP contribution in [0.15, 0.2) is 48.8 Å². The molecule has 0 aliphatic carbocycles. The van der Waals surface area contributed by atoms with Gasteiger partial charge in [0, 0.05) is 37.9 Å². The number of carbonyl (C=O) groups is 1. The molecule has 0 saturated carbocycles. The molecule has 4 heterocycles. The van der Waals surface area contributed by atoms with Crippen LogP contribution in [0.2, 0.25) is 0 Å². The Morgan fingerprint density at radius 1 is 1.03 bits per heavy atom. The number of nitrogens with one attached hydrogen (secondary N) is 1. The summed E-state index contributed by atoms with van der Waals surface area (Å²) in [7, 11) is 0. The number of fused-ring (bicyclic) bond motifs is 2. The summed E-state index contributed by atoms with van der Waals surface area (Å²) in [4.78, 5) is 27.7. The smallest absolute Gasteiger partial charge is 0.266 e. The lowest BCUT2D eigenvalue weighted by Gasteiger charge is -2.37. The minimum atomic E-state index is -0.211. The molecule has 0 atom stereocenters. The molecule has 10 heteroatoms. The van der Waals surface area contributed by atoms with Crippen molar-refractivity contribution in [3.8, 4) is 11.5 Å². The number of benzene rings is 2. The van der Waals surface area contributed by atoms with E-state index in [9.17, 15) is 9.18 Å². The van der Waals surface area contributed by atoms with Crippen LogP contribution in [0, 0.1) is 12.7 Å². The molecule has 178 valence electrons. The number of aromatic nitrogens is 2. The number of hydrogen-bond donors (Lipinski definition) is 1. The van der Waals surface area contributed by atoms with Crippen LogP contribution >= 0.6 is 11.3 Å². The van der Waals surface area contributed by atoms with E-state index in [-0.39, 0.29) is 18.5 Å². The summed E-state index contributed by atoms with van der Waals surface area (Å²) in [6.07, 6.45) is 1.54. The minimum Gasteiger partial charge on any atom is -0.454 e. The molecule has 6 rings (SSSR count). The minimum absolute atomic E-state index is 0.179. The molecule has 2 aliphatic heterocycles. The highest BCUT2D eigenvalue weighted by atomic mass is 32.1.